The van der Waals surface area contributed by atoms with Gasteiger partial charge < -0.3 is 10.5 Å². The van der Waals surface area contributed by atoms with Crippen molar-refractivity contribution in [1.29, 1.82) is 0 Å². The van der Waals surface area contributed by atoms with E-state index in [9.17, 15) is 0 Å². The maximum absolute atomic E-state index is 6.33. The molecule has 1 saturated carbocycles. The number of nitrogens with two attached hydrogens (primary N) is 1. The van der Waals surface area contributed by atoms with E-state index in [2.05, 4.69) is 25.7 Å². The van der Waals surface area contributed by atoms with Crippen molar-refractivity contribution in [3.05, 3.63) is 0 Å². The predicted molar refractivity (Wildman–Crippen MR) is 72.6 cm³/mol. The van der Waals surface area contributed by atoms with Gasteiger partial charge in [0.1, 0.15) is 0 Å². The fraction of sp³-hybridized carbons (Fsp3) is 0.867. The minimum Gasteiger partial charge on any atom is -0.377 e. The van der Waals surface area contributed by atoms with Crippen LogP contribution in [0.1, 0.15) is 59.3 Å². The molecular formula is C15H27NO. The summed E-state index contributed by atoms with van der Waals surface area (Å²) in [5, 5.41) is 0. The molecule has 0 amide bonds. The smallest absolute Gasteiger partial charge is 0.0829 e. The molecule has 0 aromatic rings. The normalized spacial score (nSPS) is 23.6. The molecule has 0 aromatic heterocycles. The van der Waals surface area contributed by atoms with Gasteiger partial charge in [0.25, 0.3) is 0 Å². The van der Waals surface area contributed by atoms with Gasteiger partial charge in [-0.1, -0.05) is 13.8 Å². The molecule has 1 aliphatic carbocycles. The quantitative estimate of drug-likeness (QED) is 0.763. The molecule has 2 nitrogen and oxygen atoms in total. The average Bonchev–Trinajstić information content (AvgIpc) is 2.30. The lowest BCUT2D eigenvalue weighted by molar-refractivity contribution is -0.0794. The molecule has 0 heterocycles. The minimum atomic E-state index is -0.106. The second-order valence-electron chi connectivity index (χ2n) is 6.01. The van der Waals surface area contributed by atoms with E-state index in [4.69, 9.17) is 10.5 Å². The zero-order valence-electron chi connectivity index (χ0n) is 11.8. The van der Waals surface area contributed by atoms with Gasteiger partial charge in [-0.25, -0.2) is 0 Å². The Morgan fingerprint density at radius 1 is 1.24 bits per heavy atom. The van der Waals surface area contributed by atoms with Crippen LogP contribution in [0.5, 0.6) is 0 Å². The lowest BCUT2D eigenvalue weighted by Gasteiger charge is -2.45. The molecule has 0 radical (unpaired) electrons. The zero-order chi connectivity index (χ0) is 12.9. The largest absolute Gasteiger partial charge is 0.377 e. The Morgan fingerprint density at radius 3 is 2.29 bits per heavy atom. The first-order valence-corrected chi connectivity index (χ1v) is 6.66. The molecule has 1 unspecified atom stereocenters. The lowest BCUT2D eigenvalue weighted by atomic mass is 9.68. The SMILES string of the molecule is CC#CCCC(N)C1(OC)CCC(C)(C)CC1. The molecule has 0 spiro atoms. The van der Waals surface area contributed by atoms with E-state index in [0.717, 1.165) is 25.7 Å². The first-order valence-electron chi connectivity index (χ1n) is 6.66. The van der Waals surface area contributed by atoms with Crippen LogP contribution in [0.2, 0.25) is 0 Å². The number of rotatable bonds is 4. The van der Waals surface area contributed by atoms with Gasteiger partial charge in [0.05, 0.1) is 5.60 Å². The van der Waals surface area contributed by atoms with Crippen LogP contribution in [-0.2, 0) is 4.74 Å². The van der Waals surface area contributed by atoms with E-state index in [-0.39, 0.29) is 11.6 Å². The van der Waals surface area contributed by atoms with Crippen molar-refractivity contribution >= 4 is 0 Å². The van der Waals surface area contributed by atoms with Gasteiger partial charge in [0.2, 0.25) is 0 Å². The van der Waals surface area contributed by atoms with Crippen molar-refractivity contribution in [2.24, 2.45) is 11.1 Å². The van der Waals surface area contributed by atoms with Crippen LogP contribution in [0, 0.1) is 17.3 Å². The number of ether oxygens (including phenoxy) is 1. The zero-order valence-corrected chi connectivity index (χ0v) is 11.8. The Kier molecular flexibility index (Phi) is 5.04. The first kappa shape index (κ1) is 14.5. The molecule has 0 aromatic carbocycles. The number of methoxy groups -OCH3 is 1. The van der Waals surface area contributed by atoms with Crippen molar-refractivity contribution in [3.8, 4) is 11.8 Å². The van der Waals surface area contributed by atoms with Crippen molar-refractivity contribution < 1.29 is 4.74 Å². The molecule has 2 N–H and O–H groups in total. The summed E-state index contributed by atoms with van der Waals surface area (Å²) in [7, 11) is 1.81. The molecular weight excluding hydrogens is 210 g/mol. The fourth-order valence-electron chi connectivity index (χ4n) is 2.69. The van der Waals surface area contributed by atoms with E-state index in [1.807, 2.05) is 14.0 Å². The van der Waals surface area contributed by atoms with Crippen LogP contribution in [0.15, 0.2) is 0 Å². The lowest BCUT2D eigenvalue weighted by Crippen LogP contribution is -2.52. The third-order valence-electron chi connectivity index (χ3n) is 4.29. The molecule has 0 bridgehead atoms. The van der Waals surface area contributed by atoms with Gasteiger partial charge in [0.15, 0.2) is 0 Å². The van der Waals surface area contributed by atoms with E-state index in [1.165, 1.54) is 12.8 Å². The predicted octanol–water partition coefficient (Wildman–Crippen LogP) is 3.10. The Labute approximate surface area is 106 Å². The van der Waals surface area contributed by atoms with Gasteiger partial charge in [-0.15, -0.1) is 11.8 Å². The molecule has 17 heavy (non-hydrogen) atoms. The Hall–Kier alpha value is -0.520. The van der Waals surface area contributed by atoms with Gasteiger partial charge in [-0.05, 0) is 44.4 Å². The highest BCUT2D eigenvalue weighted by Gasteiger charge is 2.42. The molecule has 0 saturated heterocycles. The van der Waals surface area contributed by atoms with Crippen LogP contribution >= 0.6 is 0 Å². The Bertz CT molecular complexity index is 288. The molecule has 1 aliphatic rings. The third kappa shape index (κ3) is 3.72. The summed E-state index contributed by atoms with van der Waals surface area (Å²) < 4.78 is 5.79. The number of hydrogen-bond donors (Lipinski definition) is 1. The Balaban J connectivity index is 2.59. The average molecular weight is 237 g/mol. The molecule has 2 heteroatoms. The first-order chi connectivity index (χ1) is 7.96. The fourth-order valence-corrected chi connectivity index (χ4v) is 2.69. The molecule has 1 fully saturated rings. The van der Waals surface area contributed by atoms with E-state index < -0.39 is 0 Å². The minimum absolute atomic E-state index is 0.106. The maximum Gasteiger partial charge on any atom is 0.0829 e. The summed E-state index contributed by atoms with van der Waals surface area (Å²) in [6, 6.07) is 0.115. The van der Waals surface area contributed by atoms with Crippen LogP contribution < -0.4 is 5.73 Å². The molecule has 98 valence electrons. The van der Waals surface area contributed by atoms with Crippen LogP contribution in [0.25, 0.3) is 0 Å². The standard InChI is InChI=1S/C15H27NO/c1-5-6-7-8-13(16)15(17-4)11-9-14(2,3)10-12-15/h13H,7-12,16H2,1-4H3. The Morgan fingerprint density at radius 2 is 1.82 bits per heavy atom. The van der Waals surface area contributed by atoms with Crippen molar-refractivity contribution in [3.63, 3.8) is 0 Å². The van der Waals surface area contributed by atoms with Gasteiger partial charge in [-0.3, -0.25) is 0 Å². The summed E-state index contributed by atoms with van der Waals surface area (Å²) >= 11 is 0. The highest BCUT2D eigenvalue weighted by molar-refractivity contribution is 5.01. The summed E-state index contributed by atoms with van der Waals surface area (Å²) in [5.41, 5.74) is 6.67. The highest BCUT2D eigenvalue weighted by Crippen LogP contribution is 2.43. The third-order valence-corrected chi connectivity index (χ3v) is 4.29. The summed E-state index contributed by atoms with van der Waals surface area (Å²) in [5.74, 6) is 6.01. The van der Waals surface area contributed by atoms with Crippen LogP contribution in [0.3, 0.4) is 0 Å². The molecule has 1 atom stereocenters. The monoisotopic (exact) mass is 237 g/mol. The maximum atomic E-state index is 6.33. The van der Waals surface area contributed by atoms with E-state index in [0.29, 0.717) is 5.41 Å². The van der Waals surface area contributed by atoms with Gasteiger partial charge >= 0.3 is 0 Å². The summed E-state index contributed by atoms with van der Waals surface area (Å²) in [6.07, 6.45) is 6.39. The second kappa shape index (κ2) is 5.89. The van der Waals surface area contributed by atoms with Crippen molar-refractivity contribution in [2.75, 3.05) is 7.11 Å². The summed E-state index contributed by atoms with van der Waals surface area (Å²) in [4.78, 5) is 0. The van der Waals surface area contributed by atoms with Crippen molar-refractivity contribution in [1.82, 2.24) is 0 Å². The van der Waals surface area contributed by atoms with E-state index >= 15 is 0 Å². The summed E-state index contributed by atoms with van der Waals surface area (Å²) in [6.45, 7) is 6.54. The van der Waals surface area contributed by atoms with E-state index in [1.54, 1.807) is 0 Å². The molecule has 1 rings (SSSR count). The topological polar surface area (TPSA) is 35.2 Å². The number of hydrogen-bond acceptors (Lipinski definition) is 2. The molecule has 0 aliphatic heterocycles. The van der Waals surface area contributed by atoms with Crippen molar-refractivity contribution in [2.45, 2.75) is 70.9 Å². The second-order valence-corrected chi connectivity index (χ2v) is 6.01. The highest BCUT2D eigenvalue weighted by atomic mass is 16.5. The van der Waals surface area contributed by atoms with Crippen LogP contribution in [0.4, 0.5) is 0 Å². The van der Waals surface area contributed by atoms with Gasteiger partial charge in [0, 0.05) is 19.6 Å². The van der Waals surface area contributed by atoms with Crippen LogP contribution in [-0.4, -0.2) is 18.8 Å². The van der Waals surface area contributed by atoms with Gasteiger partial charge in [-0.2, -0.15) is 0 Å².